The van der Waals surface area contributed by atoms with Crippen LogP contribution in [0.2, 0.25) is 0 Å². The van der Waals surface area contributed by atoms with Crippen LogP contribution in [0.1, 0.15) is 52.5 Å². The maximum Gasteiger partial charge on any atom is 0.253 e. The molecule has 0 atom stereocenters. The molecule has 8 nitrogen and oxygen atoms in total. The molecule has 0 radical (unpaired) electrons. The molecule has 37 heavy (non-hydrogen) atoms. The molecule has 0 saturated carbocycles. The summed E-state index contributed by atoms with van der Waals surface area (Å²) >= 11 is 0. The van der Waals surface area contributed by atoms with Gasteiger partial charge in [0, 0.05) is 72.7 Å². The van der Waals surface area contributed by atoms with Crippen LogP contribution in [-0.4, -0.2) is 48.8 Å². The number of rotatable bonds is 8. The second-order valence-corrected chi connectivity index (χ2v) is 9.51. The summed E-state index contributed by atoms with van der Waals surface area (Å²) in [4.78, 5) is 35.6. The summed E-state index contributed by atoms with van der Waals surface area (Å²) in [6.45, 7) is 10.3. The Morgan fingerprint density at radius 2 is 1.92 bits per heavy atom. The predicted octanol–water partition coefficient (Wildman–Crippen LogP) is 4.31. The molecule has 2 aromatic heterocycles. The average Bonchev–Trinajstić information content (AvgIpc) is 2.90. The summed E-state index contributed by atoms with van der Waals surface area (Å²) in [6.07, 6.45) is 3.64. The van der Waals surface area contributed by atoms with Gasteiger partial charge in [0.15, 0.2) is 0 Å². The molecular weight excluding hydrogens is 468 g/mol. The number of carbonyl (C=O) groups excluding carboxylic acids is 1. The topological polar surface area (TPSA) is 96.5 Å². The van der Waals surface area contributed by atoms with Crippen LogP contribution >= 0.6 is 0 Å². The summed E-state index contributed by atoms with van der Waals surface area (Å²) in [5.41, 5.74) is 6.34. The van der Waals surface area contributed by atoms with E-state index in [0.29, 0.717) is 23.0 Å². The van der Waals surface area contributed by atoms with E-state index in [0.717, 1.165) is 66.2 Å². The van der Waals surface area contributed by atoms with Gasteiger partial charge in [-0.15, -0.1) is 0 Å². The first-order valence-corrected chi connectivity index (χ1v) is 12.8. The van der Waals surface area contributed by atoms with E-state index in [2.05, 4.69) is 33.2 Å². The lowest BCUT2D eigenvalue weighted by molar-refractivity contribution is 0.0846. The fraction of sp³-hybridized carbons (Fsp3) is 0.414. The highest BCUT2D eigenvalue weighted by Gasteiger charge is 2.25. The van der Waals surface area contributed by atoms with E-state index < -0.39 is 0 Å². The maximum absolute atomic E-state index is 13.6. The Morgan fingerprint density at radius 1 is 1.16 bits per heavy atom. The number of nitrogens with one attached hydrogen (secondary N) is 2. The normalized spacial score (nSPS) is 13.9. The van der Waals surface area contributed by atoms with Gasteiger partial charge < -0.3 is 24.7 Å². The highest BCUT2D eigenvalue weighted by Crippen LogP contribution is 2.34. The first kappa shape index (κ1) is 26.4. The molecule has 1 aliphatic rings. The Kier molecular flexibility index (Phi) is 8.28. The van der Waals surface area contributed by atoms with Crippen LogP contribution in [0.4, 0.5) is 5.69 Å². The summed E-state index contributed by atoms with van der Waals surface area (Å²) in [5.74, 6) is 0.314. The lowest BCUT2D eigenvalue weighted by Gasteiger charge is -2.37. The molecule has 3 aromatic rings. The minimum absolute atomic E-state index is 0.154. The Morgan fingerprint density at radius 3 is 2.54 bits per heavy atom. The van der Waals surface area contributed by atoms with Crippen molar-refractivity contribution < 1.29 is 14.3 Å². The van der Waals surface area contributed by atoms with Crippen molar-refractivity contribution in [1.82, 2.24) is 15.3 Å². The molecule has 196 valence electrons. The van der Waals surface area contributed by atoms with Crippen LogP contribution in [0.15, 0.2) is 41.3 Å². The lowest BCUT2D eigenvalue weighted by atomic mass is 9.95. The van der Waals surface area contributed by atoms with Crippen LogP contribution in [0.25, 0.3) is 11.1 Å². The number of aromatic nitrogens is 2. The number of aryl methyl sites for hydroxylation is 2. The molecule has 0 unspecified atom stereocenters. The van der Waals surface area contributed by atoms with Gasteiger partial charge in [0.1, 0.15) is 0 Å². The molecule has 2 N–H and O–H groups in total. The fourth-order valence-electron chi connectivity index (χ4n) is 5.06. The number of H-pyrrole nitrogens is 1. The van der Waals surface area contributed by atoms with E-state index in [4.69, 9.17) is 9.47 Å². The summed E-state index contributed by atoms with van der Waals surface area (Å²) in [7, 11) is 1.59. The van der Waals surface area contributed by atoms with Gasteiger partial charge in [-0.2, -0.15) is 0 Å². The van der Waals surface area contributed by atoms with E-state index in [-0.39, 0.29) is 18.0 Å². The standard InChI is InChI=1S/C29H36N4O4/c1-6-33(23-9-11-37-12-10-23)26-15-22(21-7-8-27(36-5)30-16-21)14-24(20(26)4)28(34)31-17-25-18(2)13-19(3)32-29(25)35/h7-8,13-16,23H,6,9-12,17H2,1-5H3,(H,31,34)(H,32,35). The minimum atomic E-state index is -0.218. The van der Waals surface area contributed by atoms with Crippen molar-refractivity contribution >= 4 is 11.6 Å². The second kappa shape index (κ2) is 11.6. The molecule has 1 aromatic carbocycles. The highest BCUT2D eigenvalue weighted by atomic mass is 16.5. The molecular formula is C29H36N4O4. The largest absolute Gasteiger partial charge is 0.481 e. The molecule has 1 saturated heterocycles. The Balaban J connectivity index is 1.73. The average molecular weight is 505 g/mol. The number of amides is 1. The van der Waals surface area contributed by atoms with Crippen LogP contribution in [-0.2, 0) is 11.3 Å². The van der Waals surface area contributed by atoms with Gasteiger partial charge in [-0.1, -0.05) is 0 Å². The summed E-state index contributed by atoms with van der Waals surface area (Å²) in [6, 6.07) is 10.1. The maximum atomic E-state index is 13.6. The van der Waals surface area contributed by atoms with Gasteiger partial charge in [0.2, 0.25) is 5.88 Å². The number of aromatic amines is 1. The van der Waals surface area contributed by atoms with Gasteiger partial charge in [0.25, 0.3) is 11.5 Å². The zero-order valence-corrected chi connectivity index (χ0v) is 22.3. The monoisotopic (exact) mass is 504 g/mol. The first-order chi connectivity index (χ1) is 17.8. The Labute approximate surface area is 218 Å². The Hall–Kier alpha value is -3.65. The zero-order chi connectivity index (χ0) is 26.5. The smallest absolute Gasteiger partial charge is 0.253 e. The number of pyridine rings is 2. The summed E-state index contributed by atoms with van der Waals surface area (Å²) < 4.78 is 10.8. The van der Waals surface area contributed by atoms with Crippen molar-refractivity contribution in [1.29, 1.82) is 0 Å². The SMILES string of the molecule is CCN(c1cc(-c2ccc(OC)nc2)cc(C(=O)NCc2c(C)cc(C)[nH]c2=O)c1C)C1CCOCC1. The van der Waals surface area contributed by atoms with Crippen molar-refractivity contribution in [2.24, 2.45) is 0 Å². The quantitative estimate of drug-likeness (QED) is 0.475. The third-order valence-electron chi connectivity index (χ3n) is 7.10. The van der Waals surface area contributed by atoms with Gasteiger partial charge in [0.05, 0.1) is 7.11 Å². The molecule has 0 bridgehead atoms. The lowest BCUT2D eigenvalue weighted by Crippen LogP contribution is -2.40. The van der Waals surface area contributed by atoms with E-state index in [1.165, 1.54) is 0 Å². The third kappa shape index (κ3) is 5.85. The molecule has 8 heteroatoms. The summed E-state index contributed by atoms with van der Waals surface area (Å²) in [5, 5.41) is 2.98. The van der Waals surface area contributed by atoms with Crippen LogP contribution < -0.4 is 20.5 Å². The van der Waals surface area contributed by atoms with E-state index >= 15 is 0 Å². The van der Waals surface area contributed by atoms with E-state index in [1.807, 2.05) is 45.0 Å². The molecule has 0 spiro atoms. The van der Waals surface area contributed by atoms with Gasteiger partial charge in [-0.05, 0) is 81.5 Å². The number of ether oxygens (including phenoxy) is 2. The Bertz CT molecular complexity index is 1310. The third-order valence-corrected chi connectivity index (χ3v) is 7.10. The van der Waals surface area contributed by atoms with Gasteiger partial charge >= 0.3 is 0 Å². The number of hydrogen-bond donors (Lipinski definition) is 2. The number of anilines is 1. The molecule has 0 aliphatic carbocycles. The fourth-order valence-corrected chi connectivity index (χ4v) is 5.06. The van der Waals surface area contributed by atoms with Crippen molar-refractivity contribution in [2.45, 2.75) is 53.1 Å². The van der Waals surface area contributed by atoms with Crippen molar-refractivity contribution in [2.75, 3.05) is 31.8 Å². The van der Waals surface area contributed by atoms with Crippen molar-refractivity contribution in [3.63, 3.8) is 0 Å². The molecule has 1 fully saturated rings. The number of methoxy groups -OCH3 is 1. The minimum Gasteiger partial charge on any atom is -0.481 e. The van der Waals surface area contributed by atoms with Crippen LogP contribution in [0.3, 0.4) is 0 Å². The molecule has 1 aliphatic heterocycles. The number of hydrogen-bond acceptors (Lipinski definition) is 6. The second-order valence-electron chi connectivity index (χ2n) is 9.51. The van der Waals surface area contributed by atoms with Crippen LogP contribution in [0.5, 0.6) is 5.88 Å². The molecule has 4 rings (SSSR count). The zero-order valence-electron chi connectivity index (χ0n) is 22.3. The van der Waals surface area contributed by atoms with Crippen LogP contribution in [0, 0.1) is 20.8 Å². The van der Waals surface area contributed by atoms with E-state index in [1.54, 1.807) is 13.3 Å². The number of nitrogens with zero attached hydrogens (tertiary/aromatic N) is 2. The first-order valence-electron chi connectivity index (χ1n) is 12.8. The van der Waals surface area contributed by atoms with E-state index in [9.17, 15) is 9.59 Å². The van der Waals surface area contributed by atoms with Gasteiger partial charge in [-0.3, -0.25) is 9.59 Å². The van der Waals surface area contributed by atoms with Gasteiger partial charge in [-0.25, -0.2) is 4.98 Å². The predicted molar refractivity (Wildman–Crippen MR) is 146 cm³/mol. The number of carbonyl (C=O) groups is 1. The van der Waals surface area contributed by atoms with Crippen molar-refractivity contribution in [3.8, 4) is 17.0 Å². The molecule has 1 amide bonds. The highest BCUT2D eigenvalue weighted by molar-refractivity contribution is 5.99. The molecule has 3 heterocycles. The number of benzene rings is 1. The van der Waals surface area contributed by atoms with Crippen molar-refractivity contribution in [3.05, 3.63) is 74.8 Å².